The lowest BCUT2D eigenvalue weighted by Gasteiger charge is -2.17. The fraction of sp³-hybridized carbons (Fsp3) is 0.333. The minimum atomic E-state index is -0.278. The van der Waals surface area contributed by atoms with Gasteiger partial charge in [-0.2, -0.15) is 5.10 Å². The third-order valence-electron chi connectivity index (χ3n) is 3.17. The molecule has 0 radical (unpaired) electrons. The molecule has 112 valence electrons. The lowest BCUT2D eigenvalue weighted by Crippen LogP contribution is -2.26. The first-order chi connectivity index (χ1) is 9.90. The topological polar surface area (TPSA) is 46.9 Å². The van der Waals surface area contributed by atoms with E-state index in [1.54, 1.807) is 6.20 Å². The van der Waals surface area contributed by atoms with Crippen LogP contribution in [0.25, 0.3) is 0 Å². The number of aromatic nitrogens is 2. The molecule has 0 bridgehead atoms. The van der Waals surface area contributed by atoms with Crippen molar-refractivity contribution in [1.29, 1.82) is 0 Å². The first kappa shape index (κ1) is 16.0. The molecule has 0 aliphatic rings. The smallest absolute Gasteiger partial charge is 0.287 e. The summed E-state index contributed by atoms with van der Waals surface area (Å²) in [4.78, 5) is 12.1. The predicted molar refractivity (Wildman–Crippen MR) is 90.1 cm³/mol. The number of hydrogen-bond acceptors (Lipinski definition) is 3. The zero-order chi connectivity index (χ0) is 15.6. The van der Waals surface area contributed by atoms with Crippen LogP contribution in [0.3, 0.4) is 0 Å². The molecule has 1 heterocycles. The van der Waals surface area contributed by atoms with Crippen LogP contribution < -0.4 is 10.9 Å². The Bertz CT molecular complexity index is 682. The van der Waals surface area contributed by atoms with Gasteiger partial charge in [-0.05, 0) is 38.5 Å². The lowest BCUT2D eigenvalue weighted by atomic mass is 10.1. The molecule has 0 saturated heterocycles. The Labute approximate surface area is 137 Å². The second-order valence-corrected chi connectivity index (χ2v) is 6.43. The van der Waals surface area contributed by atoms with E-state index in [2.05, 4.69) is 26.3 Å². The van der Waals surface area contributed by atoms with Gasteiger partial charge in [0.15, 0.2) is 0 Å². The molecule has 6 heteroatoms. The van der Waals surface area contributed by atoms with Crippen LogP contribution in [0.2, 0.25) is 5.02 Å². The summed E-state index contributed by atoms with van der Waals surface area (Å²) < 4.78 is 2.40. The van der Waals surface area contributed by atoms with Crippen LogP contribution in [0.1, 0.15) is 38.4 Å². The predicted octanol–water partition coefficient (Wildman–Crippen LogP) is 4.41. The quantitative estimate of drug-likeness (QED) is 0.867. The van der Waals surface area contributed by atoms with Crippen molar-refractivity contribution in [2.24, 2.45) is 0 Å². The van der Waals surface area contributed by atoms with E-state index in [1.165, 1.54) is 4.68 Å². The van der Waals surface area contributed by atoms with Gasteiger partial charge >= 0.3 is 0 Å². The number of nitrogens with zero attached hydrogens (tertiary/aromatic N) is 2. The average molecular weight is 371 g/mol. The molecule has 2 rings (SSSR count). The maximum Gasteiger partial charge on any atom is 0.287 e. The fourth-order valence-corrected chi connectivity index (χ4v) is 2.44. The Kier molecular flexibility index (Phi) is 5.06. The maximum absolute atomic E-state index is 12.1. The van der Waals surface area contributed by atoms with Crippen LogP contribution in [-0.2, 0) is 0 Å². The molecule has 1 N–H and O–H groups in total. The first-order valence-electron chi connectivity index (χ1n) is 6.69. The highest BCUT2D eigenvalue weighted by Gasteiger charge is 2.13. The van der Waals surface area contributed by atoms with Gasteiger partial charge in [0.25, 0.3) is 5.56 Å². The minimum absolute atomic E-state index is 0.0201. The Morgan fingerprint density at radius 1 is 1.24 bits per heavy atom. The maximum atomic E-state index is 12.1. The summed E-state index contributed by atoms with van der Waals surface area (Å²) in [7, 11) is 0. The number of anilines is 1. The van der Waals surface area contributed by atoms with Crippen molar-refractivity contribution >= 4 is 33.2 Å². The van der Waals surface area contributed by atoms with Gasteiger partial charge in [0, 0.05) is 10.5 Å². The van der Waals surface area contributed by atoms with Crippen LogP contribution in [0.15, 0.2) is 39.7 Å². The van der Waals surface area contributed by atoms with Crippen LogP contribution >= 0.6 is 27.5 Å². The van der Waals surface area contributed by atoms with E-state index in [0.717, 1.165) is 10.0 Å². The molecule has 4 nitrogen and oxygen atoms in total. The number of rotatable bonds is 4. The van der Waals surface area contributed by atoms with Crippen molar-refractivity contribution < 1.29 is 0 Å². The van der Waals surface area contributed by atoms with Crippen molar-refractivity contribution in [2.75, 3.05) is 5.32 Å². The lowest BCUT2D eigenvalue weighted by molar-refractivity contribution is 0.503. The Morgan fingerprint density at radius 2 is 1.86 bits per heavy atom. The molecule has 2 aromatic rings. The van der Waals surface area contributed by atoms with Crippen molar-refractivity contribution in [3.05, 3.63) is 55.9 Å². The van der Waals surface area contributed by atoms with E-state index >= 15 is 0 Å². The van der Waals surface area contributed by atoms with E-state index in [1.807, 2.05) is 45.0 Å². The number of benzene rings is 1. The number of halogens is 2. The SMILES string of the molecule is CC(Nc1cnn(C(C)C)c(=O)c1Cl)c1ccc(Br)cc1. The van der Waals surface area contributed by atoms with Gasteiger partial charge in [-0.25, -0.2) is 4.68 Å². The molecule has 0 fully saturated rings. The van der Waals surface area contributed by atoms with Crippen molar-refractivity contribution in [2.45, 2.75) is 32.9 Å². The van der Waals surface area contributed by atoms with Crippen LogP contribution in [0.5, 0.6) is 0 Å². The third-order valence-corrected chi connectivity index (χ3v) is 4.07. The van der Waals surface area contributed by atoms with Crippen LogP contribution in [-0.4, -0.2) is 9.78 Å². The fourth-order valence-electron chi connectivity index (χ4n) is 1.98. The van der Waals surface area contributed by atoms with Crippen LogP contribution in [0.4, 0.5) is 5.69 Å². The number of hydrogen-bond donors (Lipinski definition) is 1. The first-order valence-corrected chi connectivity index (χ1v) is 7.86. The molecule has 1 atom stereocenters. The number of nitrogens with one attached hydrogen (secondary N) is 1. The summed E-state index contributed by atoms with van der Waals surface area (Å²) in [5.41, 5.74) is 1.37. The highest BCUT2D eigenvalue weighted by molar-refractivity contribution is 9.10. The average Bonchev–Trinajstić information content (AvgIpc) is 2.44. The summed E-state index contributed by atoms with van der Waals surface area (Å²) in [6.07, 6.45) is 1.60. The molecule has 0 aliphatic heterocycles. The summed E-state index contributed by atoms with van der Waals surface area (Å²) >= 11 is 9.56. The van der Waals surface area contributed by atoms with Crippen molar-refractivity contribution in [3.8, 4) is 0 Å². The minimum Gasteiger partial charge on any atom is -0.376 e. The third kappa shape index (κ3) is 3.66. The molecule has 1 unspecified atom stereocenters. The van der Waals surface area contributed by atoms with E-state index < -0.39 is 0 Å². The van der Waals surface area contributed by atoms with Gasteiger partial charge < -0.3 is 5.32 Å². The van der Waals surface area contributed by atoms with E-state index in [0.29, 0.717) is 5.69 Å². The Morgan fingerprint density at radius 3 is 2.43 bits per heavy atom. The molecule has 0 aliphatic carbocycles. The second-order valence-electron chi connectivity index (χ2n) is 5.13. The van der Waals surface area contributed by atoms with Gasteiger partial charge in [0.05, 0.1) is 17.9 Å². The Balaban J connectivity index is 2.26. The molecule has 1 aromatic heterocycles. The van der Waals surface area contributed by atoms with Gasteiger partial charge in [-0.1, -0.05) is 39.7 Å². The summed E-state index contributed by atoms with van der Waals surface area (Å²) in [6.45, 7) is 5.79. The molecule has 0 saturated carbocycles. The van der Waals surface area contributed by atoms with Crippen molar-refractivity contribution in [3.63, 3.8) is 0 Å². The van der Waals surface area contributed by atoms with E-state index in [4.69, 9.17) is 11.6 Å². The van der Waals surface area contributed by atoms with Gasteiger partial charge in [0.2, 0.25) is 0 Å². The normalized spacial score (nSPS) is 12.5. The van der Waals surface area contributed by atoms with E-state index in [-0.39, 0.29) is 22.7 Å². The highest BCUT2D eigenvalue weighted by Crippen LogP contribution is 2.24. The van der Waals surface area contributed by atoms with Crippen LogP contribution in [0, 0.1) is 0 Å². The van der Waals surface area contributed by atoms with E-state index in [9.17, 15) is 4.79 Å². The zero-order valence-corrected chi connectivity index (χ0v) is 14.4. The van der Waals surface area contributed by atoms with Gasteiger partial charge in [0.1, 0.15) is 5.02 Å². The molecule has 21 heavy (non-hydrogen) atoms. The monoisotopic (exact) mass is 369 g/mol. The largest absolute Gasteiger partial charge is 0.376 e. The summed E-state index contributed by atoms with van der Waals surface area (Å²) in [5.74, 6) is 0. The zero-order valence-electron chi connectivity index (χ0n) is 12.1. The molecule has 1 aromatic carbocycles. The Hall–Kier alpha value is -1.33. The second kappa shape index (κ2) is 6.62. The molecular formula is C15H17BrClN3O. The summed E-state index contributed by atoms with van der Waals surface area (Å²) in [6, 6.07) is 7.98. The highest BCUT2D eigenvalue weighted by atomic mass is 79.9. The van der Waals surface area contributed by atoms with Gasteiger partial charge in [-0.15, -0.1) is 0 Å². The standard InChI is InChI=1S/C15H17BrClN3O/c1-9(2)20-15(21)14(17)13(8-18-20)19-10(3)11-4-6-12(16)7-5-11/h4-10,19H,1-3H3. The molecular weight excluding hydrogens is 354 g/mol. The van der Waals surface area contributed by atoms with Crippen molar-refractivity contribution in [1.82, 2.24) is 9.78 Å². The molecule has 0 spiro atoms. The molecule has 0 amide bonds. The summed E-state index contributed by atoms with van der Waals surface area (Å²) in [5, 5.41) is 7.55. The van der Waals surface area contributed by atoms with Gasteiger partial charge in [-0.3, -0.25) is 4.79 Å².